The molecular formula is C33H37N3O5S. The van der Waals surface area contributed by atoms with Crippen molar-refractivity contribution < 1.29 is 22.8 Å². The van der Waals surface area contributed by atoms with Crippen LogP contribution in [-0.2, 0) is 32.6 Å². The largest absolute Gasteiger partial charge is 0.352 e. The number of hydrogen-bond acceptors (Lipinski definition) is 5. The van der Waals surface area contributed by atoms with E-state index in [1.165, 1.54) is 12.1 Å². The van der Waals surface area contributed by atoms with Crippen LogP contribution in [0.15, 0.2) is 83.8 Å². The van der Waals surface area contributed by atoms with Gasteiger partial charge in [-0.25, -0.2) is 12.7 Å². The number of aryl methyl sites for hydroxylation is 1. The summed E-state index contributed by atoms with van der Waals surface area (Å²) in [6.07, 6.45) is 4.48. The Hall–Kier alpha value is -3.98. The minimum absolute atomic E-state index is 0.00571. The van der Waals surface area contributed by atoms with Gasteiger partial charge < -0.3 is 10.2 Å². The molecule has 1 aliphatic carbocycles. The number of carbonyl (C=O) groups excluding carboxylic acids is 3. The van der Waals surface area contributed by atoms with Gasteiger partial charge in [-0.3, -0.25) is 14.4 Å². The van der Waals surface area contributed by atoms with Crippen LogP contribution in [0.3, 0.4) is 0 Å². The molecule has 1 heterocycles. The first-order valence-corrected chi connectivity index (χ1v) is 16.0. The zero-order valence-electron chi connectivity index (χ0n) is 23.9. The molecule has 0 saturated heterocycles. The topological polar surface area (TPSA) is 104 Å². The number of sulfonamides is 1. The van der Waals surface area contributed by atoms with Crippen LogP contribution in [0.2, 0.25) is 0 Å². The lowest BCUT2D eigenvalue weighted by Gasteiger charge is -2.32. The predicted octanol–water partition coefficient (Wildman–Crippen LogP) is 4.62. The molecule has 220 valence electrons. The Labute approximate surface area is 247 Å². The third-order valence-electron chi connectivity index (χ3n) is 8.11. The molecule has 0 spiro atoms. The highest BCUT2D eigenvalue weighted by Crippen LogP contribution is 2.30. The normalized spacial score (nSPS) is 16.7. The highest BCUT2D eigenvalue weighted by molar-refractivity contribution is 7.90. The lowest BCUT2D eigenvalue weighted by Crippen LogP contribution is -2.52. The summed E-state index contributed by atoms with van der Waals surface area (Å²) in [6.45, 7) is 2.12. The Morgan fingerprint density at radius 2 is 1.60 bits per heavy atom. The average molecular weight is 588 g/mol. The minimum Gasteiger partial charge on any atom is -0.352 e. The van der Waals surface area contributed by atoms with Crippen LogP contribution in [0.1, 0.15) is 65.6 Å². The van der Waals surface area contributed by atoms with Gasteiger partial charge in [-0.1, -0.05) is 85.1 Å². The smallest absolute Gasteiger partial charge is 0.269 e. The van der Waals surface area contributed by atoms with Gasteiger partial charge >= 0.3 is 0 Å². The van der Waals surface area contributed by atoms with E-state index in [0.29, 0.717) is 6.42 Å². The quantitative estimate of drug-likeness (QED) is 0.353. The molecule has 0 bridgehead atoms. The molecule has 2 aliphatic rings. The van der Waals surface area contributed by atoms with Crippen molar-refractivity contribution in [1.82, 2.24) is 14.5 Å². The van der Waals surface area contributed by atoms with Crippen molar-refractivity contribution in [2.75, 3.05) is 6.54 Å². The van der Waals surface area contributed by atoms with E-state index >= 15 is 0 Å². The summed E-state index contributed by atoms with van der Waals surface area (Å²) >= 11 is 0. The minimum atomic E-state index is -3.96. The van der Waals surface area contributed by atoms with Crippen LogP contribution >= 0.6 is 0 Å². The first-order valence-electron chi connectivity index (χ1n) is 14.6. The van der Waals surface area contributed by atoms with Gasteiger partial charge in [-0.15, -0.1) is 0 Å². The van der Waals surface area contributed by atoms with Crippen molar-refractivity contribution in [2.45, 2.75) is 75.4 Å². The molecule has 3 amide bonds. The molecule has 3 aromatic carbocycles. The first kappa shape index (κ1) is 29.5. The molecular weight excluding hydrogens is 550 g/mol. The summed E-state index contributed by atoms with van der Waals surface area (Å²) in [7, 11) is -3.96. The van der Waals surface area contributed by atoms with Gasteiger partial charge in [0.05, 0.1) is 5.56 Å². The van der Waals surface area contributed by atoms with Gasteiger partial charge in [-0.05, 0) is 49.4 Å². The average Bonchev–Trinajstić information content (AvgIpc) is 3.57. The maximum Gasteiger partial charge on any atom is 0.269 e. The number of rotatable bonds is 11. The maximum absolute atomic E-state index is 13.9. The molecule has 8 nitrogen and oxygen atoms in total. The zero-order chi connectivity index (χ0) is 29.7. The van der Waals surface area contributed by atoms with Crippen LogP contribution in [0.4, 0.5) is 0 Å². The highest BCUT2D eigenvalue weighted by Gasteiger charge is 2.40. The van der Waals surface area contributed by atoms with E-state index in [9.17, 15) is 22.8 Å². The molecule has 0 unspecified atom stereocenters. The Bertz CT molecular complexity index is 1530. The lowest BCUT2D eigenvalue weighted by atomic mass is 10.0. The van der Waals surface area contributed by atoms with E-state index < -0.39 is 22.0 Å². The van der Waals surface area contributed by atoms with Crippen LogP contribution in [0.5, 0.6) is 0 Å². The van der Waals surface area contributed by atoms with Gasteiger partial charge in [0.15, 0.2) is 0 Å². The molecule has 1 fully saturated rings. The molecule has 5 rings (SSSR count). The molecule has 9 heteroatoms. The fraction of sp³-hybridized carbons (Fsp3) is 0.364. The van der Waals surface area contributed by atoms with Gasteiger partial charge in [0.2, 0.25) is 11.8 Å². The van der Waals surface area contributed by atoms with Gasteiger partial charge in [0.1, 0.15) is 10.9 Å². The third-order valence-corrected chi connectivity index (χ3v) is 9.95. The predicted molar refractivity (Wildman–Crippen MR) is 160 cm³/mol. The standard InChI is InChI=1S/C33H37N3O5S/c1-24-17-19-26(20-18-24)23-35(29(22-25-10-3-2-4-11-25)32(38)34-27-12-5-6-13-27)31(37)16-9-21-36-33(39)28-14-7-8-15-30(28)42(36,40)41/h2-4,7-8,10-11,14-15,17-20,27,29H,5-6,9,12-13,16,21-23H2,1H3,(H,34,38)/t29-/m0/s1. The number of nitrogens with zero attached hydrogens (tertiary/aromatic N) is 2. The Kier molecular flexibility index (Phi) is 9.06. The van der Waals surface area contributed by atoms with Crippen LogP contribution in [-0.4, -0.2) is 54.0 Å². The molecule has 1 saturated carbocycles. The molecule has 42 heavy (non-hydrogen) atoms. The van der Waals surface area contributed by atoms with E-state index in [4.69, 9.17) is 0 Å². The second-order valence-electron chi connectivity index (χ2n) is 11.2. The van der Waals surface area contributed by atoms with Gasteiger partial charge in [-0.2, -0.15) is 0 Å². The summed E-state index contributed by atoms with van der Waals surface area (Å²) in [4.78, 5) is 42.2. The number of hydrogen-bond donors (Lipinski definition) is 1. The lowest BCUT2D eigenvalue weighted by molar-refractivity contribution is -0.141. The molecule has 0 radical (unpaired) electrons. The molecule has 1 N–H and O–H groups in total. The van der Waals surface area contributed by atoms with E-state index in [2.05, 4.69) is 5.32 Å². The molecule has 0 aromatic heterocycles. The number of benzene rings is 3. The van der Waals surface area contributed by atoms with Crippen LogP contribution in [0, 0.1) is 6.92 Å². The van der Waals surface area contributed by atoms with Crippen molar-refractivity contribution in [3.8, 4) is 0 Å². The fourth-order valence-corrected chi connectivity index (χ4v) is 7.39. The number of fused-ring (bicyclic) bond motifs is 1. The first-order chi connectivity index (χ1) is 20.2. The van der Waals surface area contributed by atoms with E-state index in [1.807, 2.05) is 61.5 Å². The summed E-state index contributed by atoms with van der Waals surface area (Å²) < 4.78 is 26.8. The van der Waals surface area contributed by atoms with E-state index in [0.717, 1.165) is 46.7 Å². The monoisotopic (exact) mass is 587 g/mol. The molecule has 1 aliphatic heterocycles. The van der Waals surface area contributed by atoms with Crippen molar-refractivity contribution in [3.05, 3.63) is 101 Å². The number of carbonyl (C=O) groups is 3. The Morgan fingerprint density at radius 1 is 0.929 bits per heavy atom. The summed E-state index contributed by atoms with van der Waals surface area (Å²) in [6, 6.07) is 23.0. The fourth-order valence-electron chi connectivity index (χ4n) is 5.78. The number of nitrogens with one attached hydrogen (secondary N) is 1. The van der Waals surface area contributed by atoms with Gasteiger partial charge in [0.25, 0.3) is 15.9 Å². The highest BCUT2D eigenvalue weighted by atomic mass is 32.2. The second kappa shape index (κ2) is 12.9. The number of amides is 3. The Morgan fingerprint density at radius 3 is 2.29 bits per heavy atom. The summed E-state index contributed by atoms with van der Waals surface area (Å²) in [5.41, 5.74) is 3.08. The van der Waals surface area contributed by atoms with E-state index in [-0.39, 0.29) is 54.2 Å². The van der Waals surface area contributed by atoms with Crippen molar-refractivity contribution in [1.29, 1.82) is 0 Å². The molecule has 1 atom stereocenters. The van der Waals surface area contributed by atoms with Crippen molar-refractivity contribution >= 4 is 27.7 Å². The van der Waals surface area contributed by atoms with Crippen molar-refractivity contribution in [3.63, 3.8) is 0 Å². The van der Waals surface area contributed by atoms with E-state index in [1.54, 1.807) is 17.0 Å². The van der Waals surface area contributed by atoms with Crippen molar-refractivity contribution in [2.24, 2.45) is 0 Å². The third kappa shape index (κ3) is 6.57. The van der Waals surface area contributed by atoms with Crippen LogP contribution < -0.4 is 5.32 Å². The van der Waals surface area contributed by atoms with Gasteiger partial charge in [0, 0.05) is 32.0 Å². The summed E-state index contributed by atoms with van der Waals surface area (Å²) in [5, 5.41) is 3.19. The zero-order valence-corrected chi connectivity index (χ0v) is 24.7. The Balaban J connectivity index is 1.37. The second-order valence-corrected chi connectivity index (χ2v) is 13.0. The summed E-state index contributed by atoms with van der Waals surface area (Å²) in [5.74, 6) is -1.02. The maximum atomic E-state index is 13.9. The molecule has 3 aromatic rings. The van der Waals surface area contributed by atoms with Crippen LogP contribution in [0.25, 0.3) is 0 Å². The SMILES string of the molecule is Cc1ccc(CN(C(=O)CCCN2C(=O)c3ccccc3S2(=O)=O)[C@@H](Cc2ccccc2)C(=O)NC2CCCC2)cc1.